The fraction of sp³-hybridized carbons (Fsp3) is 0.681. The van der Waals surface area contributed by atoms with E-state index in [9.17, 15) is 14.4 Å². The van der Waals surface area contributed by atoms with Crippen LogP contribution in [-0.4, -0.2) is 37.2 Å². The zero-order chi connectivity index (χ0) is 56.4. The molecule has 0 aliphatic heterocycles. The standard InChI is InChI=1S/C72H120O6/c1-4-7-10-13-16-19-22-25-28-30-31-32-33-34-35-36-37-38-39-40-41-43-44-47-50-53-56-59-62-65-71(74)77-68-69(67-76-70(73)64-61-58-55-52-49-46-27-24-21-18-15-12-9-6-3)78-72(75)66-63-60-57-54-51-48-45-42-29-26-23-20-17-14-11-8-5-2/h7,10,16,19,25-26,28-29,31-32,34-35,37-38,40-41,44,47,53,56,69H,4-6,8-9,11-15,17-18,20-24,27,30,33,36,39,42-43,45-46,48-52,54-55,57-68H2,1-3H3/b10-7-,19-16-,28-25-,29-26-,32-31-,35-34-,38-37-,41-40-,47-44-,56-53-. The Bertz CT molecular complexity index is 1620. The Morgan fingerprint density at radius 2 is 0.513 bits per heavy atom. The van der Waals surface area contributed by atoms with Crippen LogP contribution in [0.15, 0.2) is 122 Å². The van der Waals surface area contributed by atoms with E-state index in [0.717, 1.165) is 103 Å². The van der Waals surface area contributed by atoms with Gasteiger partial charge in [-0.2, -0.15) is 0 Å². The fourth-order valence-electron chi connectivity index (χ4n) is 8.85. The van der Waals surface area contributed by atoms with Gasteiger partial charge in [0, 0.05) is 19.3 Å². The lowest BCUT2D eigenvalue weighted by Gasteiger charge is -2.18. The highest BCUT2D eigenvalue weighted by molar-refractivity contribution is 5.71. The first kappa shape index (κ1) is 73.8. The summed E-state index contributed by atoms with van der Waals surface area (Å²) >= 11 is 0. The van der Waals surface area contributed by atoms with Gasteiger partial charge in [-0.15, -0.1) is 0 Å². The third kappa shape index (κ3) is 62.7. The molecule has 0 aromatic carbocycles. The van der Waals surface area contributed by atoms with Crippen molar-refractivity contribution in [3.8, 4) is 0 Å². The van der Waals surface area contributed by atoms with Crippen molar-refractivity contribution >= 4 is 17.9 Å². The van der Waals surface area contributed by atoms with Crippen LogP contribution in [0.4, 0.5) is 0 Å². The molecule has 0 N–H and O–H groups in total. The van der Waals surface area contributed by atoms with Crippen molar-refractivity contribution in [2.75, 3.05) is 13.2 Å². The Morgan fingerprint density at radius 3 is 0.846 bits per heavy atom. The van der Waals surface area contributed by atoms with Crippen LogP contribution in [0.1, 0.15) is 297 Å². The zero-order valence-electron chi connectivity index (χ0n) is 50.9. The minimum Gasteiger partial charge on any atom is -0.462 e. The Kier molecular flexibility index (Phi) is 61.8. The Labute approximate surface area is 482 Å². The molecule has 0 fully saturated rings. The summed E-state index contributed by atoms with van der Waals surface area (Å²) in [7, 11) is 0. The van der Waals surface area contributed by atoms with Crippen molar-refractivity contribution < 1.29 is 28.6 Å². The number of allylic oxidation sites excluding steroid dienone is 20. The molecule has 0 saturated carbocycles. The molecule has 0 aliphatic rings. The van der Waals surface area contributed by atoms with Gasteiger partial charge in [0.05, 0.1) is 0 Å². The van der Waals surface area contributed by atoms with Crippen LogP contribution in [0.5, 0.6) is 0 Å². The first-order chi connectivity index (χ1) is 38.5. The smallest absolute Gasteiger partial charge is 0.306 e. The zero-order valence-corrected chi connectivity index (χ0v) is 50.9. The van der Waals surface area contributed by atoms with Crippen molar-refractivity contribution in [1.29, 1.82) is 0 Å². The van der Waals surface area contributed by atoms with Crippen molar-refractivity contribution in [2.24, 2.45) is 0 Å². The first-order valence-corrected chi connectivity index (χ1v) is 32.5. The molecule has 78 heavy (non-hydrogen) atoms. The summed E-state index contributed by atoms with van der Waals surface area (Å²) in [6.07, 6.45) is 90.6. The van der Waals surface area contributed by atoms with Gasteiger partial charge in [-0.05, 0) is 109 Å². The van der Waals surface area contributed by atoms with E-state index in [1.165, 1.54) is 148 Å². The second-order valence-corrected chi connectivity index (χ2v) is 21.3. The monoisotopic (exact) mass is 1080 g/mol. The van der Waals surface area contributed by atoms with Crippen LogP contribution in [0.3, 0.4) is 0 Å². The van der Waals surface area contributed by atoms with E-state index < -0.39 is 6.10 Å². The van der Waals surface area contributed by atoms with Crippen molar-refractivity contribution in [3.05, 3.63) is 122 Å². The average molecular weight is 1080 g/mol. The molecule has 0 spiro atoms. The van der Waals surface area contributed by atoms with Gasteiger partial charge in [-0.3, -0.25) is 14.4 Å². The lowest BCUT2D eigenvalue weighted by atomic mass is 10.0. The van der Waals surface area contributed by atoms with Gasteiger partial charge in [0.15, 0.2) is 6.10 Å². The fourth-order valence-corrected chi connectivity index (χ4v) is 8.85. The third-order valence-corrected chi connectivity index (χ3v) is 13.7. The molecule has 0 rings (SSSR count). The highest BCUT2D eigenvalue weighted by atomic mass is 16.6. The lowest BCUT2D eigenvalue weighted by molar-refractivity contribution is -0.167. The normalized spacial score (nSPS) is 12.9. The molecule has 0 bridgehead atoms. The summed E-state index contributed by atoms with van der Waals surface area (Å²) in [5.74, 6) is -0.957. The van der Waals surface area contributed by atoms with E-state index >= 15 is 0 Å². The maximum absolute atomic E-state index is 12.9. The molecule has 6 nitrogen and oxygen atoms in total. The SMILES string of the molecule is CC/C=C\C/C=C\C/C=C\C/C=C\C/C=C\C/C=C\C/C=C\C/C=C\C/C=C\CCCC(=O)OCC(COC(=O)CCCCCCCCCCCCCCCC)OC(=O)CCCCCCCCC/C=C\CCCCCCCC. The second-order valence-electron chi connectivity index (χ2n) is 21.3. The number of hydrogen-bond donors (Lipinski definition) is 0. The van der Waals surface area contributed by atoms with E-state index in [2.05, 4.69) is 142 Å². The molecule has 6 heteroatoms. The quantitative estimate of drug-likeness (QED) is 0.0261. The van der Waals surface area contributed by atoms with Crippen molar-refractivity contribution in [1.82, 2.24) is 0 Å². The van der Waals surface area contributed by atoms with E-state index in [-0.39, 0.29) is 37.5 Å². The number of hydrogen-bond acceptors (Lipinski definition) is 6. The van der Waals surface area contributed by atoms with Gasteiger partial charge in [0.25, 0.3) is 0 Å². The maximum atomic E-state index is 12.9. The molecule has 0 aliphatic carbocycles. The topological polar surface area (TPSA) is 78.9 Å². The van der Waals surface area contributed by atoms with Crippen LogP contribution in [0.25, 0.3) is 0 Å². The minimum atomic E-state index is -0.806. The molecular formula is C72H120O6. The molecule has 0 heterocycles. The molecule has 0 amide bonds. The number of carbonyl (C=O) groups excluding carboxylic acids is 3. The predicted octanol–water partition coefficient (Wildman–Crippen LogP) is 22.4. The predicted molar refractivity (Wildman–Crippen MR) is 339 cm³/mol. The summed E-state index contributed by atoms with van der Waals surface area (Å²) in [5, 5.41) is 0. The van der Waals surface area contributed by atoms with Gasteiger partial charge in [0.1, 0.15) is 13.2 Å². The van der Waals surface area contributed by atoms with Crippen LogP contribution >= 0.6 is 0 Å². The first-order valence-electron chi connectivity index (χ1n) is 32.5. The molecule has 0 radical (unpaired) electrons. The van der Waals surface area contributed by atoms with Gasteiger partial charge < -0.3 is 14.2 Å². The number of rotatable bonds is 58. The Balaban J connectivity index is 4.44. The van der Waals surface area contributed by atoms with E-state index in [4.69, 9.17) is 14.2 Å². The molecule has 0 aromatic heterocycles. The molecule has 444 valence electrons. The number of ether oxygens (including phenoxy) is 3. The summed E-state index contributed by atoms with van der Waals surface area (Å²) < 4.78 is 16.9. The molecule has 1 unspecified atom stereocenters. The summed E-state index contributed by atoms with van der Waals surface area (Å²) in [4.78, 5) is 38.3. The highest BCUT2D eigenvalue weighted by Gasteiger charge is 2.19. The van der Waals surface area contributed by atoms with Crippen LogP contribution in [0.2, 0.25) is 0 Å². The molecule has 1 atom stereocenters. The Hall–Kier alpha value is -4.19. The highest BCUT2D eigenvalue weighted by Crippen LogP contribution is 2.16. The molecule has 0 saturated heterocycles. The van der Waals surface area contributed by atoms with Crippen LogP contribution in [-0.2, 0) is 28.6 Å². The Morgan fingerprint density at radius 1 is 0.269 bits per heavy atom. The van der Waals surface area contributed by atoms with Crippen molar-refractivity contribution in [3.63, 3.8) is 0 Å². The third-order valence-electron chi connectivity index (χ3n) is 13.7. The van der Waals surface area contributed by atoms with Gasteiger partial charge >= 0.3 is 17.9 Å². The lowest BCUT2D eigenvalue weighted by Crippen LogP contribution is -2.30. The maximum Gasteiger partial charge on any atom is 0.306 e. The second kappa shape index (κ2) is 65.3. The summed E-state index contributed by atoms with van der Waals surface area (Å²) in [6, 6.07) is 0. The molecular weight excluding hydrogens is 961 g/mol. The molecule has 0 aromatic rings. The van der Waals surface area contributed by atoms with Gasteiger partial charge in [0.2, 0.25) is 0 Å². The summed E-state index contributed by atoms with van der Waals surface area (Å²) in [6.45, 7) is 6.49. The number of carbonyl (C=O) groups is 3. The van der Waals surface area contributed by atoms with E-state index in [1.807, 2.05) is 0 Å². The van der Waals surface area contributed by atoms with E-state index in [0.29, 0.717) is 19.3 Å². The largest absolute Gasteiger partial charge is 0.462 e. The minimum absolute atomic E-state index is 0.0970. The average Bonchev–Trinajstić information content (AvgIpc) is 3.44. The van der Waals surface area contributed by atoms with E-state index in [1.54, 1.807) is 0 Å². The van der Waals surface area contributed by atoms with Crippen molar-refractivity contribution in [2.45, 2.75) is 303 Å². The van der Waals surface area contributed by atoms with Gasteiger partial charge in [-0.25, -0.2) is 0 Å². The number of unbranched alkanes of at least 4 members (excludes halogenated alkanes) is 27. The van der Waals surface area contributed by atoms with Gasteiger partial charge in [-0.1, -0.05) is 290 Å². The van der Waals surface area contributed by atoms with Crippen LogP contribution in [0, 0.1) is 0 Å². The number of esters is 3. The van der Waals surface area contributed by atoms with Crippen LogP contribution < -0.4 is 0 Å². The summed E-state index contributed by atoms with van der Waals surface area (Å²) in [5.41, 5.74) is 0.